The van der Waals surface area contributed by atoms with Gasteiger partial charge in [0.05, 0.1) is 23.8 Å². The van der Waals surface area contributed by atoms with Gasteiger partial charge in [0.15, 0.2) is 0 Å². The first-order valence-electron chi connectivity index (χ1n) is 9.15. The molecule has 1 aliphatic rings. The lowest BCUT2D eigenvalue weighted by atomic mass is 10.0. The fourth-order valence-electron chi connectivity index (χ4n) is 3.36. The van der Waals surface area contributed by atoms with Crippen molar-refractivity contribution in [1.29, 1.82) is 0 Å². The summed E-state index contributed by atoms with van der Waals surface area (Å²) in [5.74, 6) is 0.590. The normalized spacial score (nSPS) is 20.0. The second kappa shape index (κ2) is 7.36. The highest BCUT2D eigenvalue weighted by atomic mass is 16.5. The van der Waals surface area contributed by atoms with Gasteiger partial charge in [-0.2, -0.15) is 5.10 Å². The number of carbonyl (C=O) groups is 1. The average molecular weight is 366 g/mol. The molecule has 3 heterocycles. The van der Waals surface area contributed by atoms with Crippen molar-refractivity contribution in [3.63, 3.8) is 0 Å². The lowest BCUT2D eigenvalue weighted by Crippen LogP contribution is -2.51. The van der Waals surface area contributed by atoms with Crippen molar-refractivity contribution in [2.45, 2.75) is 32.1 Å². The molecule has 0 radical (unpaired) electrons. The van der Waals surface area contributed by atoms with Crippen LogP contribution in [0.2, 0.25) is 0 Å². The number of hydrogen-bond acceptors (Lipinski definition) is 5. The molecule has 1 aromatic carbocycles. The van der Waals surface area contributed by atoms with E-state index in [1.165, 1.54) is 0 Å². The number of aliphatic hydroxyl groups is 1. The number of amides is 1. The van der Waals surface area contributed by atoms with Gasteiger partial charge in [0.1, 0.15) is 18.0 Å². The molecular weight excluding hydrogens is 344 g/mol. The van der Waals surface area contributed by atoms with Crippen LogP contribution >= 0.6 is 0 Å². The molecule has 27 heavy (non-hydrogen) atoms. The molecule has 1 saturated heterocycles. The summed E-state index contributed by atoms with van der Waals surface area (Å²) in [4.78, 5) is 18.6. The lowest BCUT2D eigenvalue weighted by Gasteiger charge is -2.35. The number of β-amino-alcohol motifs (C(OH)–C–C–N with tert-alkyl or cyclic N) is 1. The van der Waals surface area contributed by atoms with Gasteiger partial charge < -0.3 is 14.7 Å². The number of aliphatic hydroxyl groups excluding tert-OH is 1. The second-order valence-corrected chi connectivity index (χ2v) is 6.71. The van der Waals surface area contributed by atoms with Gasteiger partial charge in [-0.05, 0) is 31.2 Å². The predicted molar refractivity (Wildman–Crippen MR) is 101 cm³/mol. The monoisotopic (exact) mass is 366 g/mol. The second-order valence-electron chi connectivity index (χ2n) is 6.71. The summed E-state index contributed by atoms with van der Waals surface area (Å²) in [7, 11) is 0. The highest BCUT2D eigenvalue weighted by Crippen LogP contribution is 2.24. The highest BCUT2D eigenvalue weighted by Gasteiger charge is 2.32. The molecule has 1 N–H and O–H groups in total. The number of aryl methyl sites for hydroxylation is 1. The van der Waals surface area contributed by atoms with Crippen LogP contribution in [0.15, 0.2) is 48.9 Å². The molecule has 0 bridgehead atoms. The molecule has 1 aliphatic heterocycles. The maximum absolute atomic E-state index is 12.6. The number of pyridine rings is 1. The Kier molecular flexibility index (Phi) is 4.77. The van der Waals surface area contributed by atoms with E-state index in [0.29, 0.717) is 30.8 Å². The molecule has 2 aromatic heterocycles. The van der Waals surface area contributed by atoms with E-state index in [1.54, 1.807) is 28.2 Å². The molecule has 2 atom stereocenters. The van der Waals surface area contributed by atoms with E-state index in [-0.39, 0.29) is 18.6 Å². The van der Waals surface area contributed by atoms with E-state index in [4.69, 9.17) is 4.74 Å². The van der Waals surface area contributed by atoms with Crippen LogP contribution in [0.25, 0.3) is 10.9 Å². The Morgan fingerprint density at radius 3 is 3.04 bits per heavy atom. The number of hydrogen-bond donors (Lipinski definition) is 1. The molecular formula is C20H22N4O3. The van der Waals surface area contributed by atoms with Gasteiger partial charge in [0.25, 0.3) is 5.91 Å². The Labute approximate surface area is 157 Å². The third kappa shape index (κ3) is 3.64. The molecule has 7 heteroatoms. The van der Waals surface area contributed by atoms with E-state index >= 15 is 0 Å². The van der Waals surface area contributed by atoms with Crippen LogP contribution in [0.3, 0.4) is 0 Å². The summed E-state index contributed by atoms with van der Waals surface area (Å²) in [6, 6.07) is 9.54. The number of fused-ring (bicyclic) bond motifs is 1. The number of rotatable bonds is 4. The van der Waals surface area contributed by atoms with Gasteiger partial charge in [0, 0.05) is 37.3 Å². The lowest BCUT2D eigenvalue weighted by molar-refractivity contribution is -0.0198. The number of carbonyl (C=O) groups excluding carboxylic acids is 1. The van der Waals surface area contributed by atoms with Gasteiger partial charge in [-0.3, -0.25) is 14.5 Å². The smallest absolute Gasteiger partial charge is 0.257 e. The standard InChI is InChI=1S/C20H22N4O3/c1-2-24-12-15(11-22-24)20(26)23-9-7-19(18(25)13-23)27-16-5-6-17-14(10-16)4-3-8-21-17/h3-6,8,10-12,18-19,25H,2,7,9,13H2,1H3/t18-,19-/m1/s1. The van der Waals surface area contributed by atoms with Crippen LogP contribution in [0, 0.1) is 0 Å². The third-order valence-electron chi connectivity index (χ3n) is 4.87. The van der Waals surface area contributed by atoms with Gasteiger partial charge in [-0.15, -0.1) is 0 Å². The molecule has 7 nitrogen and oxygen atoms in total. The van der Waals surface area contributed by atoms with Gasteiger partial charge >= 0.3 is 0 Å². The maximum Gasteiger partial charge on any atom is 0.257 e. The van der Waals surface area contributed by atoms with Crippen LogP contribution in [0.1, 0.15) is 23.7 Å². The van der Waals surface area contributed by atoms with Crippen molar-refractivity contribution >= 4 is 16.8 Å². The van der Waals surface area contributed by atoms with E-state index in [1.807, 2.05) is 37.3 Å². The fraction of sp³-hybridized carbons (Fsp3) is 0.350. The zero-order chi connectivity index (χ0) is 18.8. The molecule has 1 amide bonds. The van der Waals surface area contributed by atoms with Crippen molar-refractivity contribution in [1.82, 2.24) is 19.7 Å². The quantitative estimate of drug-likeness (QED) is 0.765. The van der Waals surface area contributed by atoms with Crippen LogP contribution in [-0.4, -0.2) is 56.0 Å². The largest absolute Gasteiger partial charge is 0.488 e. The Morgan fingerprint density at radius 2 is 2.26 bits per heavy atom. The molecule has 140 valence electrons. The number of likely N-dealkylation sites (tertiary alicyclic amines) is 1. The maximum atomic E-state index is 12.6. The van der Waals surface area contributed by atoms with Crippen LogP contribution < -0.4 is 4.74 Å². The minimum Gasteiger partial charge on any atom is -0.488 e. The Hall–Kier alpha value is -2.93. The minimum absolute atomic E-state index is 0.107. The topological polar surface area (TPSA) is 80.5 Å². The summed E-state index contributed by atoms with van der Waals surface area (Å²) < 4.78 is 7.72. The molecule has 4 rings (SSSR count). The first kappa shape index (κ1) is 17.5. The van der Waals surface area contributed by atoms with Crippen LogP contribution in [0.5, 0.6) is 5.75 Å². The van der Waals surface area contributed by atoms with Crippen LogP contribution in [0.4, 0.5) is 0 Å². The van der Waals surface area contributed by atoms with Crippen molar-refractivity contribution < 1.29 is 14.6 Å². The first-order chi connectivity index (χ1) is 13.1. The highest BCUT2D eigenvalue weighted by molar-refractivity contribution is 5.93. The molecule has 0 unspecified atom stereocenters. The Bertz CT molecular complexity index is 955. The Morgan fingerprint density at radius 1 is 1.37 bits per heavy atom. The average Bonchev–Trinajstić information content (AvgIpc) is 3.18. The SMILES string of the molecule is CCn1cc(C(=O)N2CC[C@@H](Oc3ccc4ncccc4c3)[C@H](O)C2)cn1. The molecule has 3 aromatic rings. The number of nitrogens with zero attached hydrogens (tertiary/aromatic N) is 4. The van der Waals surface area contributed by atoms with Crippen molar-refractivity contribution in [2.24, 2.45) is 0 Å². The summed E-state index contributed by atoms with van der Waals surface area (Å²) in [6.45, 7) is 3.47. The molecule has 0 spiro atoms. The third-order valence-corrected chi connectivity index (χ3v) is 4.87. The minimum atomic E-state index is -0.742. The zero-order valence-electron chi connectivity index (χ0n) is 15.2. The van der Waals surface area contributed by atoms with Gasteiger partial charge in [-0.25, -0.2) is 0 Å². The number of piperidine rings is 1. The van der Waals surface area contributed by atoms with Crippen molar-refractivity contribution in [3.05, 3.63) is 54.5 Å². The number of benzene rings is 1. The number of aromatic nitrogens is 3. The molecule has 1 fully saturated rings. The fourth-order valence-corrected chi connectivity index (χ4v) is 3.36. The van der Waals surface area contributed by atoms with E-state index in [2.05, 4.69) is 10.1 Å². The predicted octanol–water partition coefficient (Wildman–Crippen LogP) is 2.11. The molecule has 0 aliphatic carbocycles. The summed E-state index contributed by atoms with van der Waals surface area (Å²) >= 11 is 0. The van der Waals surface area contributed by atoms with Crippen molar-refractivity contribution in [2.75, 3.05) is 13.1 Å². The van der Waals surface area contributed by atoms with E-state index in [9.17, 15) is 9.90 Å². The van der Waals surface area contributed by atoms with Gasteiger partial charge in [-0.1, -0.05) is 6.07 Å². The first-order valence-corrected chi connectivity index (χ1v) is 9.15. The van der Waals surface area contributed by atoms with E-state index < -0.39 is 6.10 Å². The van der Waals surface area contributed by atoms with Crippen molar-refractivity contribution in [3.8, 4) is 5.75 Å². The summed E-state index contributed by atoms with van der Waals surface area (Å²) in [5, 5.41) is 15.6. The Balaban J connectivity index is 1.41. The summed E-state index contributed by atoms with van der Waals surface area (Å²) in [5.41, 5.74) is 1.45. The summed E-state index contributed by atoms with van der Waals surface area (Å²) in [6.07, 6.45) is 4.54. The molecule has 0 saturated carbocycles. The van der Waals surface area contributed by atoms with E-state index in [0.717, 1.165) is 10.9 Å². The van der Waals surface area contributed by atoms with Gasteiger partial charge in [0.2, 0.25) is 0 Å². The number of ether oxygens (including phenoxy) is 1. The van der Waals surface area contributed by atoms with Crippen LogP contribution in [-0.2, 0) is 6.54 Å². The zero-order valence-corrected chi connectivity index (χ0v) is 15.2.